The Balaban J connectivity index is 1.77. The van der Waals surface area contributed by atoms with Crippen LogP contribution in [0.4, 0.5) is 0 Å². The lowest BCUT2D eigenvalue weighted by Crippen LogP contribution is -2.28. The SMILES string of the molecule is CCN=C1SC(=Cc2ccc(-c3ccc(C(=O)OC(C)C)cc3)o2)C(=O)N1CC. The molecule has 0 saturated carbocycles. The number of ether oxygens (including phenoxy) is 1. The highest BCUT2D eigenvalue weighted by molar-refractivity contribution is 8.18. The minimum Gasteiger partial charge on any atom is -0.459 e. The molecule has 7 heteroatoms. The average molecular weight is 413 g/mol. The fraction of sp³-hybridized carbons (Fsp3) is 0.318. The van der Waals surface area contributed by atoms with Crippen LogP contribution in [0, 0.1) is 0 Å². The van der Waals surface area contributed by atoms with Gasteiger partial charge in [-0.3, -0.25) is 14.7 Å². The van der Waals surface area contributed by atoms with E-state index in [4.69, 9.17) is 9.15 Å². The summed E-state index contributed by atoms with van der Waals surface area (Å²) in [5.41, 5.74) is 1.33. The van der Waals surface area contributed by atoms with Crippen LogP contribution in [0.5, 0.6) is 0 Å². The molecule has 1 fully saturated rings. The van der Waals surface area contributed by atoms with Gasteiger partial charge in [-0.15, -0.1) is 0 Å². The minimum atomic E-state index is -0.349. The van der Waals surface area contributed by atoms with E-state index in [1.165, 1.54) is 11.8 Å². The predicted octanol–water partition coefficient (Wildman–Crippen LogP) is 4.82. The number of esters is 1. The molecule has 0 spiro atoms. The van der Waals surface area contributed by atoms with Gasteiger partial charge in [-0.2, -0.15) is 0 Å². The Bertz CT molecular complexity index is 957. The molecule has 1 aliphatic heterocycles. The summed E-state index contributed by atoms with van der Waals surface area (Å²) in [6.07, 6.45) is 1.58. The van der Waals surface area contributed by atoms with Crippen LogP contribution in [-0.4, -0.2) is 41.1 Å². The molecule has 0 unspecified atom stereocenters. The number of amides is 1. The summed E-state index contributed by atoms with van der Waals surface area (Å²) in [5.74, 6) is 0.840. The second kappa shape index (κ2) is 9.13. The van der Waals surface area contributed by atoms with Crippen molar-refractivity contribution >= 4 is 34.9 Å². The van der Waals surface area contributed by atoms with Gasteiger partial charge >= 0.3 is 5.97 Å². The predicted molar refractivity (Wildman–Crippen MR) is 116 cm³/mol. The third-order valence-electron chi connectivity index (χ3n) is 4.15. The molecule has 1 saturated heterocycles. The van der Waals surface area contributed by atoms with Gasteiger partial charge in [0.2, 0.25) is 0 Å². The number of carbonyl (C=O) groups is 2. The normalized spacial score (nSPS) is 17.0. The number of benzene rings is 1. The highest BCUT2D eigenvalue weighted by atomic mass is 32.2. The van der Waals surface area contributed by atoms with E-state index in [0.717, 1.165) is 10.7 Å². The zero-order valence-electron chi connectivity index (χ0n) is 17.0. The third-order valence-corrected chi connectivity index (χ3v) is 5.19. The van der Waals surface area contributed by atoms with Crippen molar-refractivity contribution in [2.24, 2.45) is 4.99 Å². The van der Waals surface area contributed by atoms with Crippen molar-refractivity contribution in [3.63, 3.8) is 0 Å². The fourth-order valence-corrected chi connectivity index (χ4v) is 3.89. The van der Waals surface area contributed by atoms with Crippen LogP contribution in [0.15, 0.2) is 50.7 Å². The van der Waals surface area contributed by atoms with E-state index in [-0.39, 0.29) is 18.0 Å². The summed E-state index contributed by atoms with van der Waals surface area (Å²) in [6.45, 7) is 8.71. The minimum absolute atomic E-state index is 0.0596. The maximum atomic E-state index is 12.6. The van der Waals surface area contributed by atoms with Gasteiger partial charge in [0.25, 0.3) is 5.91 Å². The van der Waals surface area contributed by atoms with E-state index in [2.05, 4.69) is 4.99 Å². The first-order valence-electron chi connectivity index (χ1n) is 9.60. The van der Waals surface area contributed by atoms with E-state index in [1.807, 2.05) is 52.0 Å². The van der Waals surface area contributed by atoms with Crippen LogP contribution >= 0.6 is 11.8 Å². The maximum Gasteiger partial charge on any atom is 0.338 e. The Labute approximate surface area is 174 Å². The Morgan fingerprint density at radius 3 is 2.55 bits per heavy atom. The lowest BCUT2D eigenvalue weighted by Gasteiger charge is -2.11. The molecule has 0 radical (unpaired) electrons. The molecule has 1 aromatic heterocycles. The third kappa shape index (κ3) is 4.79. The summed E-state index contributed by atoms with van der Waals surface area (Å²) in [6, 6.07) is 10.7. The van der Waals surface area contributed by atoms with E-state index >= 15 is 0 Å². The van der Waals surface area contributed by atoms with Gasteiger partial charge in [-0.05, 0) is 63.7 Å². The molecule has 1 aromatic carbocycles. The van der Waals surface area contributed by atoms with E-state index in [1.54, 1.807) is 23.1 Å². The molecular weight excluding hydrogens is 388 g/mol. The number of rotatable bonds is 6. The number of aliphatic imine (C=N–C) groups is 1. The molecular formula is C22H24N2O4S. The van der Waals surface area contributed by atoms with Crippen LogP contribution < -0.4 is 0 Å². The molecule has 1 aliphatic rings. The monoisotopic (exact) mass is 412 g/mol. The summed E-state index contributed by atoms with van der Waals surface area (Å²) in [4.78, 5) is 31.1. The smallest absolute Gasteiger partial charge is 0.338 e. The fourth-order valence-electron chi connectivity index (χ4n) is 2.81. The summed E-state index contributed by atoms with van der Waals surface area (Å²) in [5, 5.41) is 0.724. The number of thioether (sulfide) groups is 1. The van der Waals surface area contributed by atoms with Gasteiger partial charge < -0.3 is 9.15 Å². The molecule has 0 aliphatic carbocycles. The van der Waals surface area contributed by atoms with Crippen molar-refractivity contribution in [3.8, 4) is 11.3 Å². The lowest BCUT2D eigenvalue weighted by atomic mass is 10.1. The zero-order valence-corrected chi connectivity index (χ0v) is 17.8. The average Bonchev–Trinajstić information content (AvgIpc) is 3.27. The highest BCUT2D eigenvalue weighted by Crippen LogP contribution is 2.33. The van der Waals surface area contributed by atoms with E-state index in [9.17, 15) is 9.59 Å². The highest BCUT2D eigenvalue weighted by Gasteiger charge is 2.32. The van der Waals surface area contributed by atoms with Gasteiger partial charge in [0, 0.05) is 24.7 Å². The quantitative estimate of drug-likeness (QED) is 0.502. The first-order valence-corrected chi connectivity index (χ1v) is 10.4. The van der Waals surface area contributed by atoms with Crippen LogP contribution in [0.2, 0.25) is 0 Å². The van der Waals surface area contributed by atoms with Gasteiger partial charge in [-0.25, -0.2) is 4.79 Å². The number of hydrogen-bond donors (Lipinski definition) is 0. The lowest BCUT2D eigenvalue weighted by molar-refractivity contribution is -0.122. The largest absolute Gasteiger partial charge is 0.459 e. The van der Waals surface area contributed by atoms with E-state index < -0.39 is 0 Å². The first-order chi connectivity index (χ1) is 13.9. The molecule has 2 aromatic rings. The van der Waals surface area contributed by atoms with Gasteiger partial charge in [0.1, 0.15) is 11.5 Å². The second-order valence-electron chi connectivity index (χ2n) is 6.65. The van der Waals surface area contributed by atoms with Crippen LogP contribution in [0.1, 0.15) is 43.8 Å². The summed E-state index contributed by atoms with van der Waals surface area (Å²) < 4.78 is 11.1. The van der Waals surface area contributed by atoms with Crippen LogP contribution in [0.25, 0.3) is 17.4 Å². The number of furan rings is 1. The number of hydrogen-bond acceptors (Lipinski definition) is 6. The van der Waals surface area contributed by atoms with Crippen molar-refractivity contribution in [1.82, 2.24) is 4.90 Å². The van der Waals surface area contributed by atoms with E-state index in [0.29, 0.717) is 35.1 Å². The van der Waals surface area contributed by atoms with Crippen LogP contribution in [-0.2, 0) is 9.53 Å². The zero-order chi connectivity index (χ0) is 21.0. The molecule has 0 atom stereocenters. The number of likely N-dealkylation sites (N-methyl/N-ethyl adjacent to an activating group) is 1. The molecule has 2 heterocycles. The first kappa shape index (κ1) is 20.9. The number of nitrogens with zero attached hydrogens (tertiary/aromatic N) is 2. The Hall–Kier alpha value is -2.80. The number of amidine groups is 1. The molecule has 29 heavy (non-hydrogen) atoms. The van der Waals surface area contributed by atoms with Gasteiger partial charge in [-0.1, -0.05) is 12.1 Å². The Morgan fingerprint density at radius 1 is 1.21 bits per heavy atom. The number of carbonyl (C=O) groups excluding carboxylic acids is 2. The molecule has 1 amide bonds. The van der Waals surface area contributed by atoms with Crippen molar-refractivity contribution in [1.29, 1.82) is 0 Å². The molecule has 0 N–H and O–H groups in total. The Kier molecular flexibility index (Phi) is 6.59. The van der Waals surface area contributed by atoms with Crippen molar-refractivity contribution in [3.05, 3.63) is 52.6 Å². The maximum absolute atomic E-state index is 12.6. The van der Waals surface area contributed by atoms with Crippen molar-refractivity contribution < 1.29 is 18.7 Å². The molecule has 6 nitrogen and oxygen atoms in total. The topological polar surface area (TPSA) is 72.1 Å². The summed E-state index contributed by atoms with van der Waals surface area (Å²) >= 11 is 1.36. The molecule has 0 bridgehead atoms. The summed E-state index contributed by atoms with van der Waals surface area (Å²) in [7, 11) is 0. The standard InChI is InChI=1S/C22H24N2O4S/c1-5-23-22-24(6-2)20(25)19(29-22)13-17-11-12-18(28-17)15-7-9-16(10-8-15)21(26)27-14(3)4/h7-14H,5-6H2,1-4H3. The molecule has 3 rings (SSSR count). The van der Waals surface area contributed by atoms with Gasteiger partial charge in [0.05, 0.1) is 16.6 Å². The van der Waals surface area contributed by atoms with Gasteiger partial charge in [0.15, 0.2) is 5.17 Å². The van der Waals surface area contributed by atoms with Crippen LogP contribution in [0.3, 0.4) is 0 Å². The second-order valence-corrected chi connectivity index (χ2v) is 7.66. The van der Waals surface area contributed by atoms with Crippen molar-refractivity contribution in [2.75, 3.05) is 13.1 Å². The Morgan fingerprint density at radius 2 is 1.93 bits per heavy atom. The van der Waals surface area contributed by atoms with Crippen molar-refractivity contribution in [2.45, 2.75) is 33.8 Å². The molecule has 152 valence electrons.